The van der Waals surface area contributed by atoms with Crippen LogP contribution >= 0.6 is 0 Å². The summed E-state index contributed by atoms with van der Waals surface area (Å²) in [4.78, 5) is 15.7. The van der Waals surface area contributed by atoms with Gasteiger partial charge in [0.25, 0.3) is 5.91 Å². The Bertz CT molecular complexity index is 347. The molecule has 0 aromatic carbocycles. The Morgan fingerprint density at radius 1 is 1.54 bits per heavy atom. The molecule has 2 heterocycles. The van der Waals surface area contributed by atoms with Gasteiger partial charge in [-0.3, -0.25) is 9.78 Å². The van der Waals surface area contributed by atoms with Crippen LogP contribution in [-0.2, 0) is 0 Å². The molecule has 1 N–H and O–H groups in total. The van der Waals surface area contributed by atoms with Gasteiger partial charge in [0.15, 0.2) is 0 Å². The number of nitrogens with one attached hydrogen (secondary N) is 1. The fourth-order valence-electron chi connectivity index (χ4n) is 1.63. The van der Waals surface area contributed by atoms with Crippen molar-refractivity contribution in [1.82, 2.24) is 10.3 Å². The summed E-state index contributed by atoms with van der Waals surface area (Å²) < 4.78 is 0. The molecule has 3 nitrogen and oxygen atoms in total. The Morgan fingerprint density at radius 3 is 3.00 bits per heavy atom. The smallest absolute Gasteiger partial charge is 0.253 e. The largest absolute Gasteiger partial charge is 0.343 e. The Hall–Kier alpha value is -1.38. The second kappa shape index (κ2) is 2.83. The van der Waals surface area contributed by atoms with Gasteiger partial charge in [0.05, 0.1) is 17.3 Å². The van der Waals surface area contributed by atoms with Gasteiger partial charge < -0.3 is 5.32 Å². The van der Waals surface area contributed by atoms with Crippen LogP contribution in [0.5, 0.6) is 0 Å². The van der Waals surface area contributed by atoms with Crippen LogP contribution in [0.4, 0.5) is 0 Å². The molecule has 68 valence electrons. The summed E-state index contributed by atoms with van der Waals surface area (Å²) >= 11 is 0. The molecule has 1 atom stereocenters. The molecule has 1 amide bonds. The quantitative estimate of drug-likeness (QED) is 0.705. The summed E-state index contributed by atoms with van der Waals surface area (Å²) in [6.45, 7) is 4.16. The average molecular weight is 176 g/mol. The molecule has 1 aliphatic heterocycles. The van der Waals surface area contributed by atoms with E-state index < -0.39 is 0 Å². The predicted octanol–water partition coefficient (Wildman–Crippen LogP) is 1.52. The standard InChI is InChI=1S/C10H12N2O/c1-6(2)8-9-7(10(13)12-8)4-3-5-11-9/h3-6,8H,1-2H3,(H,12,13). The van der Waals surface area contributed by atoms with E-state index in [1.807, 2.05) is 6.07 Å². The Morgan fingerprint density at radius 2 is 2.31 bits per heavy atom. The van der Waals surface area contributed by atoms with Gasteiger partial charge in [-0.2, -0.15) is 0 Å². The van der Waals surface area contributed by atoms with Gasteiger partial charge in [-0.05, 0) is 18.1 Å². The molecule has 0 saturated heterocycles. The molecule has 0 saturated carbocycles. The van der Waals surface area contributed by atoms with Gasteiger partial charge in [0.1, 0.15) is 0 Å². The number of hydrogen-bond acceptors (Lipinski definition) is 2. The van der Waals surface area contributed by atoms with Crippen LogP contribution in [0, 0.1) is 5.92 Å². The van der Waals surface area contributed by atoms with E-state index in [4.69, 9.17) is 0 Å². The average Bonchev–Trinajstić information content (AvgIpc) is 2.45. The van der Waals surface area contributed by atoms with E-state index in [1.165, 1.54) is 0 Å². The van der Waals surface area contributed by atoms with E-state index >= 15 is 0 Å². The van der Waals surface area contributed by atoms with Crippen LogP contribution in [0.1, 0.15) is 35.9 Å². The highest BCUT2D eigenvalue weighted by molar-refractivity contribution is 5.98. The molecule has 1 aromatic rings. The maximum Gasteiger partial charge on any atom is 0.253 e. The Kier molecular flexibility index (Phi) is 1.79. The topological polar surface area (TPSA) is 42.0 Å². The lowest BCUT2D eigenvalue weighted by Gasteiger charge is -2.14. The van der Waals surface area contributed by atoms with Crippen molar-refractivity contribution in [2.24, 2.45) is 5.92 Å². The van der Waals surface area contributed by atoms with Crippen molar-refractivity contribution in [2.75, 3.05) is 0 Å². The van der Waals surface area contributed by atoms with Crippen LogP contribution in [0.2, 0.25) is 0 Å². The van der Waals surface area contributed by atoms with Gasteiger partial charge in [-0.25, -0.2) is 0 Å². The first kappa shape index (κ1) is 8.23. The maximum absolute atomic E-state index is 11.4. The first-order valence-electron chi connectivity index (χ1n) is 4.46. The molecule has 3 heteroatoms. The molecule has 0 radical (unpaired) electrons. The van der Waals surface area contributed by atoms with E-state index in [9.17, 15) is 4.79 Å². The summed E-state index contributed by atoms with van der Waals surface area (Å²) in [6, 6.07) is 3.70. The minimum atomic E-state index is 0.00167. The molecular formula is C10H12N2O. The van der Waals surface area contributed by atoms with Gasteiger partial charge in [-0.1, -0.05) is 13.8 Å². The van der Waals surface area contributed by atoms with E-state index in [-0.39, 0.29) is 11.9 Å². The minimum absolute atomic E-state index is 0.00167. The summed E-state index contributed by atoms with van der Waals surface area (Å²) in [5, 5.41) is 2.92. The van der Waals surface area contributed by atoms with Crippen molar-refractivity contribution in [3.63, 3.8) is 0 Å². The first-order chi connectivity index (χ1) is 6.20. The number of pyridine rings is 1. The second-order valence-electron chi connectivity index (χ2n) is 3.63. The normalized spacial score (nSPS) is 20.2. The lowest BCUT2D eigenvalue weighted by atomic mass is 10.0. The third-order valence-corrected chi connectivity index (χ3v) is 2.33. The Balaban J connectivity index is 2.47. The number of carbonyl (C=O) groups is 1. The zero-order valence-corrected chi connectivity index (χ0v) is 7.74. The number of hydrogen-bond donors (Lipinski definition) is 1. The minimum Gasteiger partial charge on any atom is -0.343 e. The highest BCUT2D eigenvalue weighted by Gasteiger charge is 2.31. The zero-order chi connectivity index (χ0) is 9.42. The van der Waals surface area contributed by atoms with Crippen molar-refractivity contribution in [1.29, 1.82) is 0 Å². The first-order valence-corrected chi connectivity index (χ1v) is 4.46. The van der Waals surface area contributed by atoms with Crippen LogP contribution in [0.15, 0.2) is 18.3 Å². The number of fused-ring (bicyclic) bond motifs is 1. The molecule has 0 bridgehead atoms. The van der Waals surface area contributed by atoms with E-state index in [0.717, 1.165) is 11.3 Å². The molecule has 1 unspecified atom stereocenters. The fraction of sp³-hybridized carbons (Fsp3) is 0.400. The third-order valence-electron chi connectivity index (χ3n) is 2.33. The second-order valence-corrected chi connectivity index (χ2v) is 3.63. The third kappa shape index (κ3) is 1.20. The SMILES string of the molecule is CC(C)C1NC(=O)c2cccnc21. The molecule has 2 rings (SSSR count). The highest BCUT2D eigenvalue weighted by Crippen LogP contribution is 2.28. The van der Waals surface area contributed by atoms with E-state index in [0.29, 0.717) is 5.92 Å². The highest BCUT2D eigenvalue weighted by atomic mass is 16.2. The predicted molar refractivity (Wildman–Crippen MR) is 49.3 cm³/mol. The van der Waals surface area contributed by atoms with Crippen LogP contribution in [0.25, 0.3) is 0 Å². The van der Waals surface area contributed by atoms with Crippen LogP contribution in [-0.4, -0.2) is 10.9 Å². The summed E-state index contributed by atoms with van der Waals surface area (Å²) in [7, 11) is 0. The number of amides is 1. The molecule has 13 heavy (non-hydrogen) atoms. The Labute approximate surface area is 77.2 Å². The summed E-state index contributed by atoms with van der Waals surface area (Å²) in [6.07, 6.45) is 1.73. The molecule has 1 aliphatic rings. The van der Waals surface area contributed by atoms with E-state index in [2.05, 4.69) is 24.1 Å². The van der Waals surface area contributed by atoms with Crippen molar-refractivity contribution in [3.8, 4) is 0 Å². The molecule has 1 aromatic heterocycles. The van der Waals surface area contributed by atoms with Crippen molar-refractivity contribution >= 4 is 5.91 Å². The van der Waals surface area contributed by atoms with Crippen molar-refractivity contribution in [3.05, 3.63) is 29.6 Å². The summed E-state index contributed by atoms with van der Waals surface area (Å²) in [5.74, 6) is 0.391. The molecule has 0 spiro atoms. The fourth-order valence-corrected chi connectivity index (χ4v) is 1.63. The van der Waals surface area contributed by atoms with Gasteiger partial charge in [0, 0.05) is 6.20 Å². The number of rotatable bonds is 1. The van der Waals surface area contributed by atoms with Gasteiger partial charge >= 0.3 is 0 Å². The van der Waals surface area contributed by atoms with Gasteiger partial charge in [-0.15, -0.1) is 0 Å². The van der Waals surface area contributed by atoms with E-state index in [1.54, 1.807) is 12.3 Å². The lowest BCUT2D eigenvalue weighted by molar-refractivity contribution is 0.0949. The van der Waals surface area contributed by atoms with Crippen LogP contribution in [0.3, 0.4) is 0 Å². The molecular weight excluding hydrogens is 164 g/mol. The molecule has 0 aliphatic carbocycles. The van der Waals surface area contributed by atoms with Crippen LogP contribution < -0.4 is 5.32 Å². The monoisotopic (exact) mass is 176 g/mol. The number of aromatic nitrogens is 1. The zero-order valence-electron chi connectivity index (χ0n) is 7.74. The van der Waals surface area contributed by atoms with Gasteiger partial charge in [0.2, 0.25) is 0 Å². The van der Waals surface area contributed by atoms with Crippen molar-refractivity contribution in [2.45, 2.75) is 19.9 Å². The maximum atomic E-state index is 11.4. The lowest BCUT2D eigenvalue weighted by Crippen LogP contribution is -2.23. The van der Waals surface area contributed by atoms with Crippen molar-refractivity contribution < 1.29 is 4.79 Å². The molecule has 0 fully saturated rings. The summed E-state index contributed by atoms with van der Waals surface area (Å²) in [5.41, 5.74) is 1.61. The number of carbonyl (C=O) groups excluding carboxylic acids is 1. The number of nitrogens with zero attached hydrogens (tertiary/aromatic N) is 1.